The summed E-state index contributed by atoms with van der Waals surface area (Å²) < 4.78 is 0. The Morgan fingerprint density at radius 3 is 2.70 bits per heavy atom. The number of benzene rings is 2. The molecule has 0 saturated heterocycles. The topological polar surface area (TPSA) is 42.0 Å². The first-order chi connectivity index (χ1) is 11.1. The second-order valence-electron chi connectivity index (χ2n) is 5.25. The molecule has 0 aliphatic rings. The minimum Gasteiger partial charge on any atom is -0.322 e. The number of pyridine rings is 1. The number of rotatable bonds is 3. The number of halogens is 1. The third-order valence-electron chi connectivity index (χ3n) is 3.45. The molecular formula is C19H15ClN2O. The van der Waals surface area contributed by atoms with Crippen molar-refractivity contribution in [1.82, 2.24) is 4.98 Å². The highest BCUT2D eigenvalue weighted by atomic mass is 35.5. The summed E-state index contributed by atoms with van der Waals surface area (Å²) >= 11 is 5.84. The zero-order valence-corrected chi connectivity index (χ0v) is 13.3. The first-order valence-corrected chi connectivity index (χ1v) is 7.59. The monoisotopic (exact) mass is 322 g/mol. The maximum absolute atomic E-state index is 12.1. The van der Waals surface area contributed by atoms with Crippen LogP contribution in [0.4, 0.5) is 5.69 Å². The lowest BCUT2D eigenvalue weighted by molar-refractivity contribution is -0.111. The SMILES string of the molecule is Cc1ccc2nccc(NC(=O)/C=C/c3ccc(Cl)cc3)c2c1. The molecule has 2 aromatic carbocycles. The van der Waals surface area contributed by atoms with E-state index in [0.29, 0.717) is 5.02 Å². The van der Waals surface area contributed by atoms with E-state index in [4.69, 9.17) is 11.6 Å². The lowest BCUT2D eigenvalue weighted by Gasteiger charge is -2.07. The number of anilines is 1. The maximum Gasteiger partial charge on any atom is 0.248 e. The Hall–Kier alpha value is -2.65. The van der Waals surface area contributed by atoms with Gasteiger partial charge in [-0.2, -0.15) is 0 Å². The first-order valence-electron chi connectivity index (χ1n) is 7.22. The second kappa shape index (κ2) is 6.63. The number of carbonyl (C=O) groups excluding carboxylic acids is 1. The largest absolute Gasteiger partial charge is 0.322 e. The number of nitrogens with zero attached hydrogens (tertiary/aromatic N) is 1. The number of hydrogen-bond donors (Lipinski definition) is 1. The van der Waals surface area contributed by atoms with Gasteiger partial charge in [-0.25, -0.2) is 0 Å². The van der Waals surface area contributed by atoms with Crippen LogP contribution in [0.5, 0.6) is 0 Å². The third-order valence-corrected chi connectivity index (χ3v) is 3.70. The van der Waals surface area contributed by atoms with Gasteiger partial charge in [-0.1, -0.05) is 35.4 Å². The van der Waals surface area contributed by atoms with Gasteiger partial charge in [0.05, 0.1) is 11.2 Å². The second-order valence-corrected chi connectivity index (χ2v) is 5.69. The quantitative estimate of drug-likeness (QED) is 0.700. The van der Waals surface area contributed by atoms with E-state index in [1.807, 2.05) is 37.3 Å². The highest BCUT2D eigenvalue weighted by Crippen LogP contribution is 2.22. The molecule has 0 atom stereocenters. The Morgan fingerprint density at radius 2 is 1.91 bits per heavy atom. The van der Waals surface area contributed by atoms with Crippen LogP contribution in [0.1, 0.15) is 11.1 Å². The average Bonchev–Trinajstić information content (AvgIpc) is 2.55. The Morgan fingerprint density at radius 1 is 1.13 bits per heavy atom. The number of aryl methyl sites for hydroxylation is 1. The van der Waals surface area contributed by atoms with Crippen LogP contribution in [0.25, 0.3) is 17.0 Å². The molecule has 0 unspecified atom stereocenters. The summed E-state index contributed by atoms with van der Waals surface area (Å²) in [7, 11) is 0. The molecule has 23 heavy (non-hydrogen) atoms. The van der Waals surface area contributed by atoms with Crippen molar-refractivity contribution in [1.29, 1.82) is 0 Å². The summed E-state index contributed by atoms with van der Waals surface area (Å²) in [6.45, 7) is 2.01. The Balaban J connectivity index is 1.80. The molecule has 3 nitrogen and oxygen atoms in total. The van der Waals surface area contributed by atoms with Crippen molar-refractivity contribution in [2.24, 2.45) is 0 Å². The minimum absolute atomic E-state index is 0.186. The van der Waals surface area contributed by atoms with Gasteiger partial charge in [0, 0.05) is 22.7 Å². The zero-order valence-electron chi connectivity index (χ0n) is 12.6. The van der Waals surface area contributed by atoms with Crippen LogP contribution in [0.15, 0.2) is 60.8 Å². The fourth-order valence-corrected chi connectivity index (χ4v) is 2.42. The van der Waals surface area contributed by atoms with Crippen LogP contribution in [-0.4, -0.2) is 10.9 Å². The van der Waals surface area contributed by atoms with Gasteiger partial charge < -0.3 is 5.32 Å². The molecule has 0 saturated carbocycles. The molecule has 0 radical (unpaired) electrons. The van der Waals surface area contributed by atoms with Crippen LogP contribution in [0.2, 0.25) is 5.02 Å². The van der Waals surface area contributed by atoms with Gasteiger partial charge in [0.15, 0.2) is 0 Å². The van der Waals surface area contributed by atoms with Crippen molar-refractivity contribution in [3.8, 4) is 0 Å². The van der Waals surface area contributed by atoms with E-state index in [9.17, 15) is 4.79 Å². The van der Waals surface area contributed by atoms with E-state index in [-0.39, 0.29) is 5.91 Å². The summed E-state index contributed by atoms with van der Waals surface area (Å²) in [4.78, 5) is 16.4. The molecule has 0 fully saturated rings. The smallest absolute Gasteiger partial charge is 0.248 e. The highest BCUT2D eigenvalue weighted by molar-refractivity contribution is 6.30. The van der Waals surface area contributed by atoms with Gasteiger partial charge in [0.25, 0.3) is 0 Å². The van der Waals surface area contributed by atoms with E-state index in [1.165, 1.54) is 6.08 Å². The molecule has 114 valence electrons. The maximum atomic E-state index is 12.1. The van der Waals surface area contributed by atoms with Gasteiger partial charge >= 0.3 is 0 Å². The molecule has 0 spiro atoms. The molecule has 4 heteroatoms. The number of carbonyl (C=O) groups is 1. The molecule has 3 aromatic rings. The van der Waals surface area contributed by atoms with Gasteiger partial charge in [0.2, 0.25) is 5.91 Å². The minimum atomic E-state index is -0.186. The summed E-state index contributed by atoms with van der Waals surface area (Å²) in [6, 6.07) is 15.1. The van der Waals surface area contributed by atoms with Gasteiger partial charge in [0.1, 0.15) is 0 Å². The summed E-state index contributed by atoms with van der Waals surface area (Å²) in [6.07, 6.45) is 4.95. The van der Waals surface area contributed by atoms with Gasteiger partial charge in [-0.05, 0) is 48.9 Å². The molecule has 1 amide bonds. The summed E-state index contributed by atoms with van der Waals surface area (Å²) in [5.41, 5.74) is 3.65. The summed E-state index contributed by atoms with van der Waals surface area (Å²) in [5.74, 6) is -0.186. The van der Waals surface area contributed by atoms with E-state index < -0.39 is 0 Å². The van der Waals surface area contributed by atoms with Crippen molar-refractivity contribution in [2.75, 3.05) is 5.32 Å². The predicted molar refractivity (Wildman–Crippen MR) is 95.6 cm³/mol. The fraction of sp³-hybridized carbons (Fsp3) is 0.0526. The standard InChI is InChI=1S/C19H15ClN2O/c1-13-2-8-17-16(12-13)18(10-11-21-17)22-19(23)9-5-14-3-6-15(20)7-4-14/h2-12H,1H3,(H,21,22,23)/b9-5+. The summed E-state index contributed by atoms with van der Waals surface area (Å²) in [5, 5.41) is 4.50. The number of hydrogen-bond acceptors (Lipinski definition) is 2. The molecule has 0 aliphatic heterocycles. The Kier molecular flexibility index (Phi) is 4.40. The van der Waals surface area contributed by atoms with E-state index >= 15 is 0 Å². The normalized spacial score (nSPS) is 11.0. The number of aromatic nitrogens is 1. The van der Waals surface area contributed by atoms with Crippen LogP contribution >= 0.6 is 11.6 Å². The van der Waals surface area contributed by atoms with E-state index in [1.54, 1.807) is 30.5 Å². The van der Waals surface area contributed by atoms with Crippen molar-refractivity contribution < 1.29 is 4.79 Å². The van der Waals surface area contributed by atoms with Gasteiger partial charge in [-0.3, -0.25) is 9.78 Å². The first kappa shape index (κ1) is 15.3. The molecule has 1 heterocycles. The van der Waals surface area contributed by atoms with Gasteiger partial charge in [-0.15, -0.1) is 0 Å². The lowest BCUT2D eigenvalue weighted by atomic mass is 10.1. The molecule has 0 bridgehead atoms. The average molecular weight is 323 g/mol. The van der Waals surface area contributed by atoms with E-state index in [0.717, 1.165) is 27.7 Å². The van der Waals surface area contributed by atoms with E-state index in [2.05, 4.69) is 10.3 Å². The number of amides is 1. The van der Waals surface area contributed by atoms with Crippen LogP contribution in [-0.2, 0) is 4.79 Å². The highest BCUT2D eigenvalue weighted by Gasteiger charge is 2.04. The number of nitrogens with one attached hydrogen (secondary N) is 1. The number of fused-ring (bicyclic) bond motifs is 1. The molecule has 0 aliphatic carbocycles. The van der Waals surface area contributed by atoms with Crippen molar-refractivity contribution >= 4 is 40.2 Å². The van der Waals surface area contributed by atoms with Crippen molar-refractivity contribution in [2.45, 2.75) is 6.92 Å². The molecule has 1 N–H and O–H groups in total. The third kappa shape index (κ3) is 3.76. The van der Waals surface area contributed by atoms with Crippen molar-refractivity contribution in [3.05, 3.63) is 77.0 Å². The zero-order chi connectivity index (χ0) is 16.2. The molecular weight excluding hydrogens is 308 g/mol. The Labute approximate surface area is 139 Å². The molecule has 1 aromatic heterocycles. The molecule has 3 rings (SSSR count). The fourth-order valence-electron chi connectivity index (χ4n) is 2.29. The predicted octanol–water partition coefficient (Wildman–Crippen LogP) is 4.85. The van der Waals surface area contributed by atoms with Crippen LogP contribution in [0, 0.1) is 6.92 Å². The van der Waals surface area contributed by atoms with Crippen molar-refractivity contribution in [3.63, 3.8) is 0 Å². The lowest BCUT2D eigenvalue weighted by Crippen LogP contribution is -2.08. The van der Waals surface area contributed by atoms with Crippen LogP contribution in [0.3, 0.4) is 0 Å². The Bertz CT molecular complexity index is 886. The van der Waals surface area contributed by atoms with Crippen LogP contribution < -0.4 is 5.32 Å².